The topological polar surface area (TPSA) is 48.1 Å². The first kappa shape index (κ1) is 19.6. The maximum Gasteiger partial charge on any atom is 0.253 e. The van der Waals surface area contributed by atoms with E-state index >= 15 is 0 Å². The fraction of sp³-hybridized carbons (Fsp3) is 0.333. The summed E-state index contributed by atoms with van der Waals surface area (Å²) >= 11 is 5.78. The molecular formula is C24H27N3OS. The fourth-order valence-corrected chi connectivity index (χ4v) is 4.41. The molecule has 4 nitrogen and oxygen atoms in total. The van der Waals surface area contributed by atoms with E-state index < -0.39 is 0 Å². The molecule has 0 spiro atoms. The number of thiocarbonyl (C=S) groups is 1. The van der Waals surface area contributed by atoms with Crippen LogP contribution in [0.2, 0.25) is 0 Å². The number of hydrogen-bond acceptors (Lipinski definition) is 2. The molecule has 4 rings (SSSR count). The third kappa shape index (κ3) is 4.51. The summed E-state index contributed by atoms with van der Waals surface area (Å²) in [5.41, 5.74) is 4.92. The van der Waals surface area contributed by atoms with E-state index in [9.17, 15) is 4.79 Å². The molecule has 0 bridgehead atoms. The number of aromatic amines is 1. The SMILES string of the molecule is Cc1ccc(NC(=S)N(Cc2cc3ccc(C)cc3[nH]c2=O)C2CCCC2)cc1. The smallest absolute Gasteiger partial charge is 0.253 e. The van der Waals surface area contributed by atoms with E-state index in [-0.39, 0.29) is 5.56 Å². The Labute approximate surface area is 176 Å². The molecule has 5 heteroatoms. The highest BCUT2D eigenvalue weighted by Gasteiger charge is 2.25. The van der Waals surface area contributed by atoms with Gasteiger partial charge in [0, 0.05) is 22.8 Å². The third-order valence-electron chi connectivity index (χ3n) is 5.75. The third-order valence-corrected chi connectivity index (χ3v) is 6.08. The van der Waals surface area contributed by atoms with Crippen LogP contribution in [0, 0.1) is 13.8 Å². The number of hydrogen-bond donors (Lipinski definition) is 2. The summed E-state index contributed by atoms with van der Waals surface area (Å²) in [7, 11) is 0. The van der Waals surface area contributed by atoms with Gasteiger partial charge in [0.25, 0.3) is 5.56 Å². The number of benzene rings is 2. The largest absolute Gasteiger partial charge is 0.342 e. The lowest BCUT2D eigenvalue weighted by molar-refractivity contribution is 0.311. The van der Waals surface area contributed by atoms with Crippen molar-refractivity contribution >= 4 is 33.9 Å². The van der Waals surface area contributed by atoms with Gasteiger partial charge in [0.2, 0.25) is 0 Å². The molecule has 1 aromatic heterocycles. The molecule has 29 heavy (non-hydrogen) atoms. The average molecular weight is 406 g/mol. The van der Waals surface area contributed by atoms with Crippen LogP contribution >= 0.6 is 12.2 Å². The van der Waals surface area contributed by atoms with Crippen molar-refractivity contribution in [2.24, 2.45) is 0 Å². The lowest BCUT2D eigenvalue weighted by atomic mass is 10.1. The Morgan fingerprint density at radius 3 is 2.48 bits per heavy atom. The number of H-pyrrole nitrogens is 1. The molecule has 3 aromatic rings. The number of aryl methyl sites for hydroxylation is 2. The van der Waals surface area contributed by atoms with Gasteiger partial charge in [-0.2, -0.15) is 0 Å². The Hall–Kier alpha value is -2.66. The molecule has 1 heterocycles. The van der Waals surface area contributed by atoms with Crippen molar-refractivity contribution in [1.82, 2.24) is 9.88 Å². The van der Waals surface area contributed by atoms with E-state index in [0.29, 0.717) is 17.7 Å². The van der Waals surface area contributed by atoms with Gasteiger partial charge >= 0.3 is 0 Å². The predicted molar refractivity (Wildman–Crippen MR) is 125 cm³/mol. The Morgan fingerprint density at radius 2 is 1.76 bits per heavy atom. The highest BCUT2D eigenvalue weighted by Crippen LogP contribution is 2.26. The van der Waals surface area contributed by atoms with E-state index in [0.717, 1.165) is 40.6 Å². The number of pyridine rings is 1. The van der Waals surface area contributed by atoms with Gasteiger partial charge in [-0.1, -0.05) is 42.7 Å². The van der Waals surface area contributed by atoms with Crippen LogP contribution in [0.3, 0.4) is 0 Å². The second-order valence-electron chi connectivity index (χ2n) is 8.08. The van der Waals surface area contributed by atoms with Crippen molar-refractivity contribution in [2.45, 2.75) is 52.1 Å². The molecule has 1 saturated carbocycles. The van der Waals surface area contributed by atoms with Crippen LogP contribution in [0.15, 0.2) is 53.3 Å². The highest BCUT2D eigenvalue weighted by molar-refractivity contribution is 7.80. The van der Waals surface area contributed by atoms with Crippen molar-refractivity contribution in [1.29, 1.82) is 0 Å². The number of nitrogens with one attached hydrogen (secondary N) is 2. The Morgan fingerprint density at radius 1 is 1.07 bits per heavy atom. The summed E-state index contributed by atoms with van der Waals surface area (Å²) in [5.74, 6) is 0. The quantitative estimate of drug-likeness (QED) is 0.579. The monoisotopic (exact) mass is 405 g/mol. The van der Waals surface area contributed by atoms with Crippen molar-refractivity contribution in [3.05, 3.63) is 75.6 Å². The highest BCUT2D eigenvalue weighted by atomic mass is 32.1. The van der Waals surface area contributed by atoms with Gasteiger partial charge < -0.3 is 15.2 Å². The Kier molecular flexibility index (Phi) is 5.67. The minimum Gasteiger partial charge on any atom is -0.342 e. The van der Waals surface area contributed by atoms with Gasteiger partial charge in [0.15, 0.2) is 5.11 Å². The number of nitrogens with zero attached hydrogens (tertiary/aromatic N) is 1. The van der Waals surface area contributed by atoms with Crippen molar-refractivity contribution in [2.75, 3.05) is 5.32 Å². The molecule has 1 fully saturated rings. The molecule has 0 unspecified atom stereocenters. The van der Waals surface area contributed by atoms with Gasteiger partial charge in [0.1, 0.15) is 0 Å². The van der Waals surface area contributed by atoms with Crippen LogP contribution in [0.25, 0.3) is 10.9 Å². The molecule has 2 aromatic carbocycles. The summed E-state index contributed by atoms with van der Waals surface area (Å²) in [5, 5.41) is 5.11. The molecule has 0 radical (unpaired) electrons. The number of rotatable bonds is 4. The second-order valence-corrected chi connectivity index (χ2v) is 8.46. The van der Waals surface area contributed by atoms with Crippen molar-refractivity contribution in [3.63, 3.8) is 0 Å². The summed E-state index contributed by atoms with van der Waals surface area (Å²) in [6, 6.07) is 16.7. The van der Waals surface area contributed by atoms with E-state index in [1.165, 1.54) is 18.4 Å². The van der Waals surface area contributed by atoms with Crippen LogP contribution in [-0.4, -0.2) is 21.0 Å². The first-order chi connectivity index (χ1) is 14.0. The molecule has 1 aliphatic rings. The van der Waals surface area contributed by atoms with Crippen LogP contribution in [-0.2, 0) is 6.54 Å². The van der Waals surface area contributed by atoms with Crippen molar-refractivity contribution in [3.8, 4) is 0 Å². The van der Waals surface area contributed by atoms with Crippen LogP contribution in [0.5, 0.6) is 0 Å². The van der Waals surface area contributed by atoms with Gasteiger partial charge in [-0.3, -0.25) is 4.79 Å². The van der Waals surface area contributed by atoms with Crippen LogP contribution < -0.4 is 10.9 Å². The second kappa shape index (κ2) is 8.37. The van der Waals surface area contributed by atoms with Gasteiger partial charge in [-0.25, -0.2) is 0 Å². The molecule has 0 amide bonds. The minimum absolute atomic E-state index is 0.0377. The minimum atomic E-state index is -0.0377. The predicted octanol–water partition coefficient (Wildman–Crippen LogP) is 5.29. The van der Waals surface area contributed by atoms with Gasteiger partial charge in [-0.05, 0) is 74.1 Å². The number of anilines is 1. The molecule has 0 aliphatic heterocycles. The zero-order chi connectivity index (χ0) is 20.4. The number of aromatic nitrogens is 1. The average Bonchev–Trinajstić information content (AvgIpc) is 3.22. The summed E-state index contributed by atoms with van der Waals surface area (Å²) in [4.78, 5) is 18.0. The first-order valence-corrected chi connectivity index (χ1v) is 10.7. The zero-order valence-corrected chi connectivity index (χ0v) is 17.8. The maximum atomic E-state index is 12.8. The summed E-state index contributed by atoms with van der Waals surface area (Å²) in [6.07, 6.45) is 4.64. The molecule has 150 valence electrons. The van der Waals surface area contributed by atoms with Crippen LogP contribution in [0.1, 0.15) is 42.4 Å². The van der Waals surface area contributed by atoms with Crippen molar-refractivity contribution < 1.29 is 0 Å². The normalized spacial score (nSPS) is 14.3. The standard InChI is InChI=1S/C24H27N3OS/c1-16-8-11-20(12-9-16)25-24(29)27(21-5-3-4-6-21)15-19-14-18-10-7-17(2)13-22(18)26-23(19)28/h7-14,21H,3-6,15H2,1-2H3,(H,25,29)(H,26,28). The van der Waals surface area contributed by atoms with Gasteiger partial charge in [0.05, 0.1) is 6.54 Å². The summed E-state index contributed by atoms with van der Waals surface area (Å²) in [6.45, 7) is 4.62. The first-order valence-electron chi connectivity index (χ1n) is 10.3. The molecule has 2 N–H and O–H groups in total. The number of fused-ring (bicyclic) bond motifs is 1. The van der Waals surface area contributed by atoms with E-state index in [1.54, 1.807) is 0 Å². The molecular weight excluding hydrogens is 378 g/mol. The van der Waals surface area contributed by atoms with E-state index in [4.69, 9.17) is 12.2 Å². The Bertz CT molecular complexity index is 1080. The van der Waals surface area contributed by atoms with E-state index in [2.05, 4.69) is 46.4 Å². The zero-order valence-electron chi connectivity index (χ0n) is 17.0. The Balaban J connectivity index is 1.62. The van der Waals surface area contributed by atoms with E-state index in [1.807, 2.05) is 31.2 Å². The molecule has 0 atom stereocenters. The molecule has 1 aliphatic carbocycles. The molecule has 0 saturated heterocycles. The lowest BCUT2D eigenvalue weighted by Gasteiger charge is -2.31. The lowest BCUT2D eigenvalue weighted by Crippen LogP contribution is -2.42. The van der Waals surface area contributed by atoms with Gasteiger partial charge in [-0.15, -0.1) is 0 Å². The van der Waals surface area contributed by atoms with Crippen LogP contribution in [0.4, 0.5) is 5.69 Å². The summed E-state index contributed by atoms with van der Waals surface area (Å²) < 4.78 is 0. The maximum absolute atomic E-state index is 12.8. The fourth-order valence-electron chi connectivity index (χ4n) is 4.08.